The van der Waals surface area contributed by atoms with E-state index in [4.69, 9.17) is 14.6 Å². The molecule has 0 unspecified atom stereocenters. The largest absolute Gasteiger partial charge is 0.493 e. The molecule has 0 saturated carbocycles. The third-order valence-electron chi connectivity index (χ3n) is 3.91. The molecular formula is C20H24N2O5. The number of methoxy groups -OCH3 is 1. The van der Waals surface area contributed by atoms with E-state index >= 15 is 0 Å². The lowest BCUT2D eigenvalue weighted by atomic mass is 10.1. The van der Waals surface area contributed by atoms with Crippen molar-refractivity contribution in [1.29, 1.82) is 0 Å². The smallest absolute Gasteiger partial charge is 0.335 e. The van der Waals surface area contributed by atoms with Crippen LogP contribution in [-0.4, -0.2) is 49.7 Å². The molecule has 0 heterocycles. The molecule has 0 fully saturated rings. The van der Waals surface area contributed by atoms with Gasteiger partial charge in [0.25, 0.3) is 5.91 Å². The Balaban J connectivity index is 1.94. The van der Waals surface area contributed by atoms with Gasteiger partial charge in [0.05, 0.1) is 12.7 Å². The highest BCUT2D eigenvalue weighted by atomic mass is 16.5. The van der Waals surface area contributed by atoms with Gasteiger partial charge in [-0.25, -0.2) is 4.79 Å². The number of hydrogen-bond acceptors (Lipinski definition) is 5. The standard InChI is InChI=1S/C20H24N2O5/c1-22(2)19(23)13-27-17-8-7-15(10-18(17)26-3)12-21-11-14-5-4-6-16(9-14)20(24)25/h4-10,21H,11-13H2,1-3H3,(H,24,25). The van der Waals surface area contributed by atoms with E-state index in [-0.39, 0.29) is 18.1 Å². The molecule has 0 aromatic heterocycles. The number of aromatic carboxylic acids is 1. The first-order valence-corrected chi connectivity index (χ1v) is 8.43. The van der Waals surface area contributed by atoms with Gasteiger partial charge in [-0.05, 0) is 35.4 Å². The summed E-state index contributed by atoms with van der Waals surface area (Å²) in [5.74, 6) is -0.0179. The summed E-state index contributed by atoms with van der Waals surface area (Å²) in [6.45, 7) is 1.06. The first-order chi connectivity index (χ1) is 12.9. The number of benzene rings is 2. The van der Waals surface area contributed by atoms with Crippen molar-refractivity contribution in [1.82, 2.24) is 10.2 Å². The van der Waals surface area contributed by atoms with Crippen molar-refractivity contribution in [2.75, 3.05) is 27.8 Å². The van der Waals surface area contributed by atoms with Crippen LogP contribution in [0.1, 0.15) is 21.5 Å². The van der Waals surface area contributed by atoms with E-state index in [9.17, 15) is 9.59 Å². The van der Waals surface area contributed by atoms with Gasteiger partial charge in [-0.2, -0.15) is 0 Å². The summed E-state index contributed by atoms with van der Waals surface area (Å²) in [4.78, 5) is 24.1. The normalized spacial score (nSPS) is 10.3. The van der Waals surface area contributed by atoms with Crippen molar-refractivity contribution in [3.05, 3.63) is 59.2 Å². The summed E-state index contributed by atoms with van der Waals surface area (Å²) in [6, 6.07) is 12.3. The number of carboxylic acid groups (broad SMARTS) is 1. The van der Waals surface area contributed by atoms with Crippen LogP contribution in [-0.2, 0) is 17.9 Å². The van der Waals surface area contributed by atoms with E-state index in [2.05, 4.69) is 5.32 Å². The second kappa shape index (κ2) is 9.59. The maximum Gasteiger partial charge on any atom is 0.335 e. The molecule has 2 rings (SSSR count). The van der Waals surface area contributed by atoms with Crippen LogP contribution in [0.25, 0.3) is 0 Å². The Bertz CT molecular complexity index is 805. The summed E-state index contributed by atoms with van der Waals surface area (Å²) < 4.78 is 10.9. The minimum Gasteiger partial charge on any atom is -0.493 e. The molecule has 0 radical (unpaired) electrons. The topological polar surface area (TPSA) is 88.1 Å². The number of amides is 1. The highest BCUT2D eigenvalue weighted by Crippen LogP contribution is 2.28. The second-order valence-electron chi connectivity index (χ2n) is 6.17. The van der Waals surface area contributed by atoms with E-state index in [0.717, 1.165) is 11.1 Å². The Morgan fingerprint density at radius 2 is 1.74 bits per heavy atom. The minimum atomic E-state index is -0.940. The number of carbonyl (C=O) groups is 2. The number of rotatable bonds is 9. The monoisotopic (exact) mass is 372 g/mol. The molecule has 7 nitrogen and oxygen atoms in total. The summed E-state index contributed by atoms with van der Waals surface area (Å²) >= 11 is 0. The average molecular weight is 372 g/mol. The van der Waals surface area contributed by atoms with Gasteiger partial charge in [0.15, 0.2) is 18.1 Å². The molecule has 0 saturated heterocycles. The van der Waals surface area contributed by atoms with Gasteiger partial charge in [-0.1, -0.05) is 18.2 Å². The highest BCUT2D eigenvalue weighted by molar-refractivity contribution is 5.87. The van der Waals surface area contributed by atoms with Gasteiger partial charge in [0.2, 0.25) is 0 Å². The van der Waals surface area contributed by atoms with Crippen molar-refractivity contribution in [3.8, 4) is 11.5 Å². The first-order valence-electron chi connectivity index (χ1n) is 8.43. The van der Waals surface area contributed by atoms with Gasteiger partial charge >= 0.3 is 5.97 Å². The molecule has 27 heavy (non-hydrogen) atoms. The van der Waals surface area contributed by atoms with Crippen LogP contribution < -0.4 is 14.8 Å². The predicted molar refractivity (Wildman–Crippen MR) is 101 cm³/mol. The van der Waals surface area contributed by atoms with Crippen LogP contribution in [0.2, 0.25) is 0 Å². The van der Waals surface area contributed by atoms with Crippen LogP contribution in [0.3, 0.4) is 0 Å². The van der Waals surface area contributed by atoms with Crippen molar-refractivity contribution in [3.63, 3.8) is 0 Å². The summed E-state index contributed by atoms with van der Waals surface area (Å²) in [7, 11) is 4.89. The van der Waals surface area contributed by atoms with Crippen LogP contribution >= 0.6 is 0 Å². The molecule has 0 atom stereocenters. The molecule has 144 valence electrons. The molecule has 7 heteroatoms. The number of nitrogens with one attached hydrogen (secondary N) is 1. The number of hydrogen-bond donors (Lipinski definition) is 2. The quantitative estimate of drug-likeness (QED) is 0.701. The molecule has 2 aromatic rings. The lowest BCUT2D eigenvalue weighted by Crippen LogP contribution is -2.27. The Morgan fingerprint density at radius 1 is 1.04 bits per heavy atom. The van der Waals surface area contributed by atoms with Crippen LogP contribution in [0, 0.1) is 0 Å². The van der Waals surface area contributed by atoms with Gasteiger partial charge in [-0.15, -0.1) is 0 Å². The van der Waals surface area contributed by atoms with Crippen molar-refractivity contribution < 1.29 is 24.2 Å². The third-order valence-corrected chi connectivity index (χ3v) is 3.91. The van der Waals surface area contributed by atoms with Gasteiger partial charge in [0, 0.05) is 27.2 Å². The molecule has 0 aliphatic carbocycles. The number of carboxylic acids is 1. The number of likely N-dealkylation sites (N-methyl/N-ethyl adjacent to an activating group) is 1. The molecular weight excluding hydrogens is 348 g/mol. The van der Waals surface area contributed by atoms with E-state index in [1.807, 2.05) is 18.2 Å². The predicted octanol–water partition coefficient (Wildman–Crippen LogP) is 2.15. The maximum atomic E-state index is 11.6. The van der Waals surface area contributed by atoms with Crippen molar-refractivity contribution >= 4 is 11.9 Å². The third kappa shape index (κ3) is 6.00. The van der Waals surface area contributed by atoms with Crippen molar-refractivity contribution in [2.45, 2.75) is 13.1 Å². The Hall–Kier alpha value is -3.06. The average Bonchev–Trinajstić information content (AvgIpc) is 2.66. The molecule has 0 aliphatic heterocycles. The van der Waals surface area contributed by atoms with Gasteiger partial charge < -0.3 is 24.8 Å². The lowest BCUT2D eigenvalue weighted by Gasteiger charge is -2.14. The van der Waals surface area contributed by atoms with Gasteiger partial charge in [0.1, 0.15) is 0 Å². The number of ether oxygens (including phenoxy) is 2. The van der Waals surface area contributed by atoms with Crippen LogP contribution in [0.15, 0.2) is 42.5 Å². The van der Waals surface area contributed by atoms with Gasteiger partial charge in [-0.3, -0.25) is 4.79 Å². The minimum absolute atomic E-state index is 0.0547. The summed E-state index contributed by atoms with van der Waals surface area (Å²) in [6.07, 6.45) is 0. The Kier molecular flexibility index (Phi) is 7.19. The molecule has 0 spiro atoms. The fourth-order valence-electron chi connectivity index (χ4n) is 2.38. The lowest BCUT2D eigenvalue weighted by molar-refractivity contribution is -0.130. The molecule has 2 N–H and O–H groups in total. The zero-order valence-corrected chi connectivity index (χ0v) is 15.7. The maximum absolute atomic E-state index is 11.6. The Labute approximate surface area is 158 Å². The first kappa shape index (κ1) is 20.3. The van der Waals surface area contributed by atoms with E-state index in [0.29, 0.717) is 24.6 Å². The molecule has 1 amide bonds. The zero-order chi connectivity index (χ0) is 19.8. The van der Waals surface area contributed by atoms with Crippen LogP contribution in [0.4, 0.5) is 0 Å². The Morgan fingerprint density at radius 3 is 2.37 bits per heavy atom. The molecule has 2 aromatic carbocycles. The number of nitrogens with zero attached hydrogens (tertiary/aromatic N) is 1. The van der Waals surface area contributed by atoms with E-state index in [1.54, 1.807) is 45.5 Å². The van der Waals surface area contributed by atoms with Crippen LogP contribution in [0.5, 0.6) is 11.5 Å². The summed E-state index contributed by atoms with van der Waals surface area (Å²) in [5.41, 5.74) is 2.14. The molecule has 0 aliphatic rings. The van der Waals surface area contributed by atoms with E-state index in [1.165, 1.54) is 4.90 Å². The zero-order valence-electron chi connectivity index (χ0n) is 15.7. The fraction of sp³-hybridized carbons (Fsp3) is 0.300. The highest BCUT2D eigenvalue weighted by Gasteiger charge is 2.10. The number of carbonyl (C=O) groups excluding carboxylic acids is 1. The SMILES string of the molecule is COc1cc(CNCc2cccc(C(=O)O)c2)ccc1OCC(=O)N(C)C. The second-order valence-corrected chi connectivity index (χ2v) is 6.17. The summed E-state index contributed by atoms with van der Waals surface area (Å²) in [5, 5.41) is 12.3. The fourth-order valence-corrected chi connectivity index (χ4v) is 2.38. The molecule has 0 bridgehead atoms. The van der Waals surface area contributed by atoms with E-state index < -0.39 is 5.97 Å². The van der Waals surface area contributed by atoms with Crippen molar-refractivity contribution in [2.24, 2.45) is 0 Å².